The summed E-state index contributed by atoms with van der Waals surface area (Å²) in [6.45, 7) is 3.71. The number of benzene rings is 4. The summed E-state index contributed by atoms with van der Waals surface area (Å²) in [5.41, 5.74) is 7.14. The van der Waals surface area contributed by atoms with Crippen LogP contribution < -0.4 is 47.4 Å². The Labute approximate surface area is 448 Å². The molecule has 0 bridgehead atoms. The number of nitrogens with zero attached hydrogens (tertiary/aromatic N) is 2. The first-order chi connectivity index (χ1) is 35.7. The molecule has 4 aromatic rings. The molecule has 0 N–H and O–H groups in total. The number of hydrogen-bond donors (Lipinski definition) is 0. The molecule has 0 aliphatic carbocycles. The zero-order chi connectivity index (χ0) is 53.4. The average molecular weight is 1060 g/mol. The topological polar surface area (TPSA) is 126 Å². The third-order valence-electron chi connectivity index (χ3n) is 15.0. The Morgan fingerprint density at radius 1 is 0.473 bits per heavy atom. The molecule has 0 amide bonds. The molecule has 4 atom stereocenters. The number of allylic oxidation sites excluding steroid dienone is 2. The molecule has 0 aromatic heterocycles. The monoisotopic (exact) mass is 1060 g/mol. The van der Waals surface area contributed by atoms with E-state index >= 15 is 0 Å². The van der Waals surface area contributed by atoms with Gasteiger partial charge >= 0.3 is 0 Å². The van der Waals surface area contributed by atoms with E-state index in [2.05, 4.69) is 38.4 Å². The molecule has 2 aliphatic heterocycles. The van der Waals surface area contributed by atoms with E-state index in [0.717, 1.165) is 108 Å². The van der Waals surface area contributed by atoms with Crippen LogP contribution in [0.25, 0.3) is 0 Å². The quantitative estimate of drug-likeness (QED) is 0.0304. The van der Waals surface area contributed by atoms with Crippen molar-refractivity contribution in [3.63, 3.8) is 0 Å². The maximum absolute atomic E-state index is 13.1. The zero-order valence-electron chi connectivity index (χ0n) is 45.9. The lowest BCUT2D eigenvalue weighted by Gasteiger charge is -2.46. The van der Waals surface area contributed by atoms with Crippen molar-refractivity contribution in [3.05, 3.63) is 94.1 Å². The number of likely N-dealkylation sites (N-methyl/N-ethyl adjacent to an activating group) is 2. The van der Waals surface area contributed by atoms with Crippen molar-refractivity contribution in [2.24, 2.45) is 0 Å². The number of carbonyl (C=O) groups is 2. The molecule has 404 valence electrons. The van der Waals surface area contributed by atoms with E-state index in [9.17, 15) is 9.59 Å². The Kier molecular flexibility index (Phi) is 21.4. The van der Waals surface area contributed by atoms with Gasteiger partial charge in [0, 0.05) is 74.0 Å². The van der Waals surface area contributed by atoms with Gasteiger partial charge in [-0.3, -0.25) is 9.59 Å². The van der Waals surface area contributed by atoms with Crippen LogP contribution in [-0.4, -0.2) is 142 Å². The first-order valence-corrected chi connectivity index (χ1v) is 27.4. The number of fused-ring (bicyclic) bond motifs is 2. The molecule has 0 unspecified atom stereocenters. The van der Waals surface area contributed by atoms with Gasteiger partial charge in [0.1, 0.15) is 12.1 Å². The lowest BCUT2D eigenvalue weighted by molar-refractivity contribution is -0.941. The molecular weight excluding hydrogens is 981 g/mol. The van der Waals surface area contributed by atoms with Gasteiger partial charge in [-0.25, -0.2) is 0 Å². The number of hydrogen-bond acceptors (Lipinski definition) is 14. The highest BCUT2D eigenvalue weighted by Gasteiger charge is 2.42. The number of carbonyl (C=O) groups excluding carboxylic acids is 2. The minimum atomic E-state index is 0.109. The number of quaternary nitrogens is 2. The van der Waals surface area contributed by atoms with E-state index in [-0.39, 0.29) is 22.3 Å². The molecule has 14 nitrogen and oxygen atoms in total. The molecule has 0 radical (unpaired) electrons. The van der Waals surface area contributed by atoms with Crippen LogP contribution in [0, 0.1) is 0 Å². The van der Waals surface area contributed by atoms with Crippen LogP contribution in [0.4, 0.5) is 0 Å². The summed E-state index contributed by atoms with van der Waals surface area (Å²) in [4.78, 5) is 26.1. The molecule has 4 aromatic carbocycles. The van der Waals surface area contributed by atoms with Crippen molar-refractivity contribution in [2.45, 2.75) is 76.3 Å². The van der Waals surface area contributed by atoms with E-state index in [1.807, 2.05) is 36.4 Å². The zero-order valence-corrected chi connectivity index (χ0v) is 47.5. The number of rotatable bonds is 28. The van der Waals surface area contributed by atoms with Gasteiger partial charge in [0.15, 0.2) is 56.2 Å². The second-order valence-corrected chi connectivity index (χ2v) is 21.7. The predicted molar refractivity (Wildman–Crippen MR) is 295 cm³/mol. The Balaban J connectivity index is 0.967. The molecule has 74 heavy (non-hydrogen) atoms. The largest absolute Gasteiger partial charge is 0.493 e. The fraction of sp³-hybridized carbons (Fsp3) is 0.517. The van der Waals surface area contributed by atoms with Crippen molar-refractivity contribution in [3.8, 4) is 57.5 Å². The van der Waals surface area contributed by atoms with Crippen LogP contribution in [0.15, 0.2) is 60.7 Å². The summed E-state index contributed by atoms with van der Waals surface area (Å²) in [5, 5.41) is 0.383. The molecule has 0 saturated heterocycles. The highest BCUT2D eigenvalue weighted by atomic mass is 32.2. The summed E-state index contributed by atoms with van der Waals surface area (Å²) >= 11 is 2.85. The Bertz CT molecular complexity index is 2350. The third-order valence-corrected chi connectivity index (χ3v) is 17.0. The van der Waals surface area contributed by atoms with Crippen LogP contribution in [0.2, 0.25) is 0 Å². The lowest BCUT2D eigenvalue weighted by atomic mass is 9.86. The Morgan fingerprint density at radius 2 is 0.797 bits per heavy atom. The number of ether oxygens (including phenoxy) is 10. The fourth-order valence-corrected chi connectivity index (χ4v) is 12.3. The SMILES string of the molecule is COc1cc2c(cc1OC)[C@@H](Cc1cc(OC)c(OC)c(OC)c1)[N@@+](C)(CCCSC(=O)CC/C=C/CCC(=O)SCCC[N@@+]1(C)CCc3cc(OC)c(OC)cc3[C@H]1Cc1cc(OC)c(OC)c(OC)c1)CC2. The molecule has 2 heterocycles. The maximum atomic E-state index is 13.1. The Hall–Kier alpha value is -5.42. The van der Waals surface area contributed by atoms with E-state index in [0.29, 0.717) is 71.7 Å². The summed E-state index contributed by atoms with van der Waals surface area (Å²) in [7, 11) is 21.1. The molecule has 2 aliphatic rings. The number of methoxy groups -OCH3 is 10. The van der Waals surface area contributed by atoms with Crippen LogP contribution in [0.1, 0.15) is 84.0 Å². The molecule has 16 heteroatoms. The van der Waals surface area contributed by atoms with Crippen molar-refractivity contribution in [1.82, 2.24) is 0 Å². The summed E-state index contributed by atoms with van der Waals surface area (Å²) in [6, 6.07) is 16.9. The molecule has 0 fully saturated rings. The number of thioether (sulfide) groups is 2. The van der Waals surface area contributed by atoms with E-state index < -0.39 is 0 Å². The lowest BCUT2D eigenvalue weighted by Crippen LogP contribution is -2.52. The normalized spacial score (nSPS) is 19.0. The maximum Gasteiger partial charge on any atom is 0.203 e. The highest BCUT2D eigenvalue weighted by Crippen LogP contribution is 2.47. The second-order valence-electron chi connectivity index (χ2n) is 19.4. The Morgan fingerprint density at radius 3 is 1.11 bits per heavy atom. The van der Waals surface area contributed by atoms with Gasteiger partial charge in [0.2, 0.25) is 11.5 Å². The smallest absolute Gasteiger partial charge is 0.203 e. The van der Waals surface area contributed by atoms with Crippen molar-refractivity contribution in [2.75, 3.05) is 123 Å². The van der Waals surface area contributed by atoms with E-state index in [1.54, 1.807) is 71.1 Å². The standard InChI is InChI=1S/C58H80N2O12S2/c1-59(25-21-41-35-47(63-3)49(65-5)37-43(41)45(59)29-39-31-51(67-7)57(71-11)52(32-39)68-8)23-17-27-73-55(61)19-15-13-14-16-20-56(62)74-28-18-24-60(2)26-22-42-36-48(64-4)50(66-6)38-44(42)46(60)30-40-33-53(69-9)58(72-12)54(34-40)70-10/h13-14,31-38,45-46H,15-30H2,1-12H3/q+2/b14-13+/t45-,46-,59+,60+/m1/s1. The fourth-order valence-electron chi connectivity index (χ4n) is 10.8. The van der Waals surface area contributed by atoms with Gasteiger partial charge in [0.05, 0.1) is 111 Å². The average Bonchev–Trinajstić information content (AvgIpc) is 3.42. The summed E-state index contributed by atoms with van der Waals surface area (Å²) in [5.74, 6) is 8.02. The van der Waals surface area contributed by atoms with Crippen LogP contribution >= 0.6 is 23.5 Å². The minimum Gasteiger partial charge on any atom is -0.493 e. The first-order valence-electron chi connectivity index (χ1n) is 25.5. The van der Waals surface area contributed by atoms with E-state index in [4.69, 9.17) is 47.4 Å². The van der Waals surface area contributed by atoms with Crippen molar-refractivity contribution in [1.29, 1.82) is 0 Å². The minimum absolute atomic E-state index is 0.109. The van der Waals surface area contributed by atoms with Gasteiger partial charge in [0.25, 0.3) is 0 Å². The van der Waals surface area contributed by atoms with Crippen LogP contribution in [0.3, 0.4) is 0 Å². The molecule has 0 saturated carbocycles. The predicted octanol–water partition coefficient (Wildman–Crippen LogP) is 10.5. The molecule has 6 rings (SSSR count). The van der Waals surface area contributed by atoms with Gasteiger partial charge in [-0.15, -0.1) is 0 Å². The first kappa shape index (κ1) is 57.9. The highest BCUT2D eigenvalue weighted by molar-refractivity contribution is 8.13. The molecule has 0 spiro atoms. The van der Waals surface area contributed by atoms with E-state index in [1.165, 1.54) is 45.8 Å². The summed E-state index contributed by atoms with van der Waals surface area (Å²) in [6.07, 6.45) is 11.4. The van der Waals surface area contributed by atoms with Gasteiger partial charge in [-0.2, -0.15) is 0 Å². The molecular formula is C58H80N2O12S2+2. The third kappa shape index (κ3) is 13.9. The van der Waals surface area contributed by atoms with Crippen LogP contribution in [-0.2, 0) is 35.3 Å². The van der Waals surface area contributed by atoms with Crippen molar-refractivity contribution >= 4 is 33.8 Å². The van der Waals surface area contributed by atoms with Gasteiger partial charge in [-0.1, -0.05) is 35.7 Å². The second kappa shape index (κ2) is 27.4. The van der Waals surface area contributed by atoms with Gasteiger partial charge in [-0.05, 0) is 83.6 Å². The van der Waals surface area contributed by atoms with Gasteiger partial charge < -0.3 is 56.3 Å². The van der Waals surface area contributed by atoms with Crippen LogP contribution in [0.5, 0.6) is 57.5 Å². The summed E-state index contributed by atoms with van der Waals surface area (Å²) < 4.78 is 58.7. The van der Waals surface area contributed by atoms with Crippen molar-refractivity contribution < 1.29 is 65.9 Å².